The van der Waals surface area contributed by atoms with Gasteiger partial charge in [0.15, 0.2) is 0 Å². The van der Waals surface area contributed by atoms with Gasteiger partial charge in [-0.3, -0.25) is 4.79 Å². The average Bonchev–Trinajstić information content (AvgIpc) is 2.71. The highest BCUT2D eigenvalue weighted by atomic mass is 16.5. The largest absolute Gasteiger partial charge is 0.364 e. The van der Waals surface area contributed by atoms with Gasteiger partial charge in [0.2, 0.25) is 0 Å². The van der Waals surface area contributed by atoms with Gasteiger partial charge in [0, 0.05) is 17.2 Å². The lowest BCUT2D eigenvalue weighted by Gasteiger charge is -2.03. The highest BCUT2D eigenvalue weighted by Crippen LogP contribution is 2.23. The Hall–Kier alpha value is -1.90. The van der Waals surface area contributed by atoms with Crippen LogP contribution in [0.4, 0.5) is 0 Å². The van der Waals surface area contributed by atoms with E-state index in [0.29, 0.717) is 5.56 Å². The van der Waals surface area contributed by atoms with Crippen LogP contribution in [0.1, 0.15) is 15.9 Å². The third kappa shape index (κ3) is 1.33. The maximum Gasteiger partial charge on any atom is 0.150 e. The van der Waals surface area contributed by atoms with Crippen LogP contribution in [0.2, 0.25) is 0 Å². The topological polar surface area (TPSA) is 43.1 Å². The summed E-state index contributed by atoms with van der Waals surface area (Å²) in [7, 11) is 0. The zero-order valence-electron chi connectivity index (χ0n) is 7.73. The fraction of sp³-hybridized carbons (Fsp3) is 0.0909. The van der Waals surface area contributed by atoms with Crippen molar-refractivity contribution in [1.82, 2.24) is 5.16 Å². The van der Waals surface area contributed by atoms with Crippen LogP contribution in [0.5, 0.6) is 0 Å². The molecule has 1 aromatic heterocycles. The molecule has 1 heterocycles. The van der Waals surface area contributed by atoms with Crippen molar-refractivity contribution in [3.63, 3.8) is 0 Å². The van der Waals surface area contributed by atoms with E-state index in [1.165, 1.54) is 6.26 Å². The Kier molecular flexibility index (Phi) is 2.14. The molecule has 0 aliphatic rings. The summed E-state index contributed by atoms with van der Waals surface area (Å²) < 4.78 is 4.76. The molecule has 0 saturated carbocycles. The fourth-order valence-corrected chi connectivity index (χ4v) is 1.41. The lowest BCUT2D eigenvalue weighted by atomic mass is 10.0. The van der Waals surface area contributed by atoms with Crippen LogP contribution >= 0.6 is 0 Å². The Morgan fingerprint density at radius 2 is 2.21 bits per heavy atom. The minimum Gasteiger partial charge on any atom is -0.364 e. The van der Waals surface area contributed by atoms with E-state index in [2.05, 4.69) is 5.16 Å². The zero-order valence-corrected chi connectivity index (χ0v) is 7.73. The summed E-state index contributed by atoms with van der Waals surface area (Å²) in [5.74, 6) is 0. The van der Waals surface area contributed by atoms with E-state index >= 15 is 0 Å². The van der Waals surface area contributed by atoms with E-state index in [0.717, 1.165) is 23.1 Å². The normalized spacial score (nSPS) is 10.1. The summed E-state index contributed by atoms with van der Waals surface area (Å²) in [4.78, 5) is 10.7. The molecule has 3 nitrogen and oxygen atoms in total. The van der Waals surface area contributed by atoms with Crippen molar-refractivity contribution in [1.29, 1.82) is 0 Å². The third-order valence-corrected chi connectivity index (χ3v) is 2.22. The smallest absolute Gasteiger partial charge is 0.150 e. The fourth-order valence-electron chi connectivity index (χ4n) is 1.41. The van der Waals surface area contributed by atoms with Crippen LogP contribution in [0.25, 0.3) is 11.3 Å². The van der Waals surface area contributed by atoms with Gasteiger partial charge in [-0.2, -0.15) is 0 Å². The number of rotatable bonds is 2. The lowest BCUT2D eigenvalue weighted by Crippen LogP contribution is -1.89. The highest BCUT2D eigenvalue weighted by molar-refractivity contribution is 5.81. The predicted octanol–water partition coefficient (Wildman–Crippen LogP) is 2.46. The summed E-state index contributed by atoms with van der Waals surface area (Å²) in [5, 5.41) is 3.83. The quantitative estimate of drug-likeness (QED) is 0.678. The molecule has 2 aromatic rings. The Labute approximate surface area is 81.3 Å². The standard InChI is InChI=1S/C11H9NO2/c1-8-9(7-13)3-2-4-10(8)11-5-6-14-12-11/h2-7H,1H3. The second-order valence-corrected chi connectivity index (χ2v) is 3.02. The van der Waals surface area contributed by atoms with Gasteiger partial charge in [-0.05, 0) is 12.5 Å². The lowest BCUT2D eigenvalue weighted by molar-refractivity contribution is 0.112. The van der Waals surface area contributed by atoms with Gasteiger partial charge >= 0.3 is 0 Å². The molecule has 0 aliphatic heterocycles. The van der Waals surface area contributed by atoms with Crippen molar-refractivity contribution < 1.29 is 9.32 Å². The Morgan fingerprint density at radius 1 is 1.36 bits per heavy atom. The number of benzene rings is 1. The predicted molar refractivity (Wildman–Crippen MR) is 52.1 cm³/mol. The van der Waals surface area contributed by atoms with Crippen molar-refractivity contribution >= 4 is 6.29 Å². The first-order chi connectivity index (χ1) is 6.83. The van der Waals surface area contributed by atoms with E-state index in [4.69, 9.17) is 4.52 Å². The first kappa shape index (κ1) is 8.69. The van der Waals surface area contributed by atoms with Crippen molar-refractivity contribution in [3.05, 3.63) is 41.7 Å². The first-order valence-electron chi connectivity index (χ1n) is 4.28. The molecule has 0 amide bonds. The second kappa shape index (κ2) is 3.46. The number of nitrogens with zero attached hydrogens (tertiary/aromatic N) is 1. The van der Waals surface area contributed by atoms with E-state index in [9.17, 15) is 4.79 Å². The van der Waals surface area contributed by atoms with Crippen molar-refractivity contribution in [2.24, 2.45) is 0 Å². The van der Waals surface area contributed by atoms with Crippen LogP contribution in [0.3, 0.4) is 0 Å². The van der Waals surface area contributed by atoms with E-state index < -0.39 is 0 Å². The van der Waals surface area contributed by atoms with Gasteiger partial charge in [0.05, 0.1) is 0 Å². The molecule has 0 unspecified atom stereocenters. The molecule has 2 rings (SSSR count). The third-order valence-electron chi connectivity index (χ3n) is 2.22. The number of carbonyl (C=O) groups is 1. The van der Waals surface area contributed by atoms with Gasteiger partial charge in [-0.25, -0.2) is 0 Å². The Balaban J connectivity index is 2.60. The van der Waals surface area contributed by atoms with Crippen LogP contribution in [-0.2, 0) is 0 Å². The molecule has 0 saturated heterocycles. The summed E-state index contributed by atoms with van der Waals surface area (Å²) in [5.41, 5.74) is 3.30. The average molecular weight is 187 g/mol. The molecule has 0 aliphatic carbocycles. The highest BCUT2D eigenvalue weighted by Gasteiger charge is 2.07. The number of aldehydes is 1. The van der Waals surface area contributed by atoms with Gasteiger partial charge in [-0.15, -0.1) is 0 Å². The van der Waals surface area contributed by atoms with E-state index in [-0.39, 0.29) is 0 Å². The van der Waals surface area contributed by atoms with Crippen LogP contribution in [-0.4, -0.2) is 11.4 Å². The van der Waals surface area contributed by atoms with Crippen LogP contribution < -0.4 is 0 Å². The summed E-state index contributed by atoms with van der Waals surface area (Å²) in [6.45, 7) is 1.90. The summed E-state index contributed by atoms with van der Waals surface area (Å²) in [6, 6.07) is 7.31. The molecular weight excluding hydrogens is 178 g/mol. The van der Waals surface area contributed by atoms with Crippen molar-refractivity contribution in [2.75, 3.05) is 0 Å². The van der Waals surface area contributed by atoms with Crippen LogP contribution in [0.15, 0.2) is 35.1 Å². The molecule has 0 N–H and O–H groups in total. The minimum atomic E-state index is 0.686. The molecular formula is C11H9NO2. The minimum absolute atomic E-state index is 0.686. The second-order valence-electron chi connectivity index (χ2n) is 3.02. The van der Waals surface area contributed by atoms with Crippen molar-refractivity contribution in [3.8, 4) is 11.3 Å². The molecule has 14 heavy (non-hydrogen) atoms. The van der Waals surface area contributed by atoms with Gasteiger partial charge in [0.25, 0.3) is 0 Å². The first-order valence-corrected chi connectivity index (χ1v) is 4.28. The summed E-state index contributed by atoms with van der Waals surface area (Å²) in [6.07, 6.45) is 2.36. The van der Waals surface area contributed by atoms with Crippen molar-refractivity contribution in [2.45, 2.75) is 6.92 Å². The number of aromatic nitrogens is 1. The molecule has 70 valence electrons. The van der Waals surface area contributed by atoms with Gasteiger partial charge in [0.1, 0.15) is 18.2 Å². The molecule has 0 radical (unpaired) electrons. The SMILES string of the molecule is Cc1c(C=O)cccc1-c1ccon1. The zero-order chi connectivity index (χ0) is 9.97. The monoisotopic (exact) mass is 187 g/mol. The molecule has 3 heteroatoms. The maximum absolute atomic E-state index is 10.7. The Bertz CT molecular complexity index is 446. The van der Waals surface area contributed by atoms with Gasteiger partial charge < -0.3 is 4.52 Å². The number of carbonyl (C=O) groups excluding carboxylic acids is 1. The molecule has 0 atom stereocenters. The number of hydrogen-bond acceptors (Lipinski definition) is 3. The summed E-state index contributed by atoms with van der Waals surface area (Å²) >= 11 is 0. The molecule has 0 spiro atoms. The maximum atomic E-state index is 10.7. The molecule has 1 aromatic carbocycles. The molecule has 0 fully saturated rings. The number of hydrogen-bond donors (Lipinski definition) is 0. The van der Waals surface area contributed by atoms with E-state index in [1.807, 2.05) is 19.1 Å². The Morgan fingerprint density at radius 3 is 2.86 bits per heavy atom. The van der Waals surface area contributed by atoms with Gasteiger partial charge in [-0.1, -0.05) is 23.4 Å². The molecule has 0 bridgehead atoms. The van der Waals surface area contributed by atoms with Crippen LogP contribution in [0, 0.1) is 6.92 Å². The van der Waals surface area contributed by atoms with E-state index in [1.54, 1.807) is 12.1 Å².